The monoisotopic (exact) mass is 285 g/mol. The van der Waals surface area contributed by atoms with Crippen molar-refractivity contribution in [3.63, 3.8) is 0 Å². The van der Waals surface area contributed by atoms with Gasteiger partial charge in [-0.2, -0.15) is 0 Å². The average molecular weight is 285 g/mol. The topological polar surface area (TPSA) is 18.5 Å². The molecule has 1 saturated heterocycles. The van der Waals surface area contributed by atoms with E-state index < -0.39 is 0 Å². The summed E-state index contributed by atoms with van der Waals surface area (Å²) >= 11 is 0. The zero-order valence-corrected chi connectivity index (χ0v) is 13.4. The molecule has 2 fully saturated rings. The zero-order chi connectivity index (χ0) is 14.4. The van der Waals surface area contributed by atoms with Crippen LogP contribution < -0.4 is 15.1 Å². The molecule has 0 amide bonds. The van der Waals surface area contributed by atoms with Gasteiger partial charge in [-0.05, 0) is 49.8 Å². The van der Waals surface area contributed by atoms with Crippen molar-refractivity contribution < 1.29 is 0 Å². The molecule has 2 heterocycles. The first-order chi connectivity index (χ1) is 10.2. The summed E-state index contributed by atoms with van der Waals surface area (Å²) < 4.78 is 0. The van der Waals surface area contributed by atoms with Gasteiger partial charge in [-0.15, -0.1) is 0 Å². The normalized spacial score (nSPS) is 28.9. The smallest absolute Gasteiger partial charge is 0.0636 e. The first-order valence-electron chi connectivity index (χ1n) is 8.48. The van der Waals surface area contributed by atoms with E-state index in [1.807, 2.05) is 0 Å². The molecule has 1 unspecified atom stereocenters. The molecule has 0 bridgehead atoms. The third kappa shape index (κ3) is 2.42. The summed E-state index contributed by atoms with van der Waals surface area (Å²) in [6, 6.07) is 7.65. The van der Waals surface area contributed by atoms with E-state index in [2.05, 4.69) is 47.2 Å². The van der Waals surface area contributed by atoms with Crippen LogP contribution >= 0.6 is 0 Å². The van der Waals surface area contributed by atoms with Gasteiger partial charge in [0.15, 0.2) is 0 Å². The third-order valence-electron chi connectivity index (χ3n) is 5.47. The third-order valence-corrected chi connectivity index (χ3v) is 5.47. The minimum absolute atomic E-state index is 0.433. The van der Waals surface area contributed by atoms with E-state index >= 15 is 0 Å². The number of nitrogens with zero attached hydrogens (tertiary/aromatic N) is 2. The fourth-order valence-corrected chi connectivity index (χ4v) is 4.11. The number of hydrogen-bond acceptors (Lipinski definition) is 3. The molecule has 0 radical (unpaired) electrons. The number of aryl methyl sites for hydroxylation is 1. The van der Waals surface area contributed by atoms with Gasteiger partial charge in [0.25, 0.3) is 0 Å². The van der Waals surface area contributed by atoms with E-state index in [0.717, 1.165) is 12.6 Å². The molecular formula is C18H27N3. The van der Waals surface area contributed by atoms with Crippen LogP contribution in [-0.2, 0) is 0 Å². The number of nitrogens with one attached hydrogen (secondary N) is 1. The van der Waals surface area contributed by atoms with Crippen molar-refractivity contribution in [2.45, 2.75) is 39.2 Å². The van der Waals surface area contributed by atoms with Crippen LogP contribution in [0.1, 0.15) is 31.7 Å². The molecule has 3 heteroatoms. The van der Waals surface area contributed by atoms with Gasteiger partial charge in [0.1, 0.15) is 0 Å². The molecule has 3 aliphatic rings. The van der Waals surface area contributed by atoms with Crippen LogP contribution in [0.5, 0.6) is 0 Å². The van der Waals surface area contributed by atoms with E-state index in [1.165, 1.54) is 62.4 Å². The second kappa shape index (κ2) is 4.91. The van der Waals surface area contributed by atoms with Crippen LogP contribution in [0, 0.1) is 12.3 Å². The lowest BCUT2D eigenvalue weighted by Gasteiger charge is -2.43. The van der Waals surface area contributed by atoms with Gasteiger partial charge in [0, 0.05) is 32.2 Å². The molecule has 3 nitrogen and oxygen atoms in total. The van der Waals surface area contributed by atoms with Crippen LogP contribution in [0.25, 0.3) is 0 Å². The first-order valence-corrected chi connectivity index (χ1v) is 8.48. The van der Waals surface area contributed by atoms with Gasteiger partial charge in [-0.1, -0.05) is 19.1 Å². The molecular weight excluding hydrogens is 258 g/mol. The van der Waals surface area contributed by atoms with Gasteiger partial charge in [0.2, 0.25) is 0 Å². The fourth-order valence-electron chi connectivity index (χ4n) is 4.11. The number of hydrogen-bond donors (Lipinski definition) is 1. The Bertz CT molecular complexity index is 529. The summed E-state index contributed by atoms with van der Waals surface area (Å²) in [6.45, 7) is 10.6. The lowest BCUT2D eigenvalue weighted by molar-refractivity contribution is 0.363. The summed E-state index contributed by atoms with van der Waals surface area (Å²) in [7, 11) is 0. The molecule has 1 saturated carbocycles. The van der Waals surface area contributed by atoms with Gasteiger partial charge in [0.05, 0.1) is 11.4 Å². The summed E-state index contributed by atoms with van der Waals surface area (Å²) in [5.74, 6) is 0. The van der Waals surface area contributed by atoms with Crippen molar-refractivity contribution >= 4 is 11.4 Å². The maximum Gasteiger partial charge on any atom is 0.0636 e. The van der Waals surface area contributed by atoms with Crippen molar-refractivity contribution in [2.75, 3.05) is 42.5 Å². The second-order valence-corrected chi connectivity index (χ2v) is 7.53. The number of para-hydroxylation sites is 1. The van der Waals surface area contributed by atoms with Gasteiger partial charge in [-0.3, -0.25) is 0 Å². The van der Waals surface area contributed by atoms with E-state index in [-0.39, 0.29) is 0 Å². The minimum atomic E-state index is 0.433. The molecule has 1 aromatic rings. The Labute approximate surface area is 128 Å². The Kier molecular flexibility index (Phi) is 3.14. The molecule has 21 heavy (non-hydrogen) atoms. The van der Waals surface area contributed by atoms with E-state index in [1.54, 1.807) is 0 Å². The molecule has 2 aliphatic heterocycles. The number of fused-ring (bicyclic) bond motifs is 1. The van der Waals surface area contributed by atoms with Crippen molar-refractivity contribution in [3.05, 3.63) is 23.8 Å². The van der Waals surface area contributed by atoms with Gasteiger partial charge >= 0.3 is 0 Å². The Balaban J connectivity index is 1.65. The predicted octanol–water partition coefficient (Wildman–Crippen LogP) is 2.78. The van der Waals surface area contributed by atoms with Crippen molar-refractivity contribution in [2.24, 2.45) is 5.41 Å². The van der Waals surface area contributed by atoms with Crippen molar-refractivity contribution in [3.8, 4) is 0 Å². The van der Waals surface area contributed by atoms with Crippen LogP contribution in [0.4, 0.5) is 11.4 Å². The number of rotatable bonds is 3. The van der Waals surface area contributed by atoms with Crippen molar-refractivity contribution in [1.29, 1.82) is 0 Å². The average Bonchev–Trinajstić information content (AvgIpc) is 3.22. The summed E-state index contributed by atoms with van der Waals surface area (Å²) in [5.41, 5.74) is 4.86. The highest BCUT2D eigenvalue weighted by Crippen LogP contribution is 2.43. The van der Waals surface area contributed by atoms with E-state index in [0.29, 0.717) is 5.41 Å². The molecule has 1 atom stereocenters. The van der Waals surface area contributed by atoms with Crippen molar-refractivity contribution in [1.82, 2.24) is 5.32 Å². The molecule has 1 N–H and O–H groups in total. The minimum Gasteiger partial charge on any atom is -0.367 e. The molecule has 0 spiro atoms. The Hall–Kier alpha value is -1.22. The summed E-state index contributed by atoms with van der Waals surface area (Å²) in [4.78, 5) is 5.32. The maximum atomic E-state index is 3.54. The quantitative estimate of drug-likeness (QED) is 0.921. The SMILES string of the molecule is Cc1cccc2c1N(C1CC1)CCN2CC1(C)CCNC1. The molecule has 0 aromatic heterocycles. The maximum absolute atomic E-state index is 3.54. The molecule has 4 rings (SSSR count). The zero-order valence-electron chi connectivity index (χ0n) is 13.4. The molecule has 114 valence electrons. The van der Waals surface area contributed by atoms with Crippen LogP contribution in [0.15, 0.2) is 18.2 Å². The highest BCUT2D eigenvalue weighted by Gasteiger charge is 2.37. The Morgan fingerprint density at radius 1 is 1.29 bits per heavy atom. The lowest BCUT2D eigenvalue weighted by Crippen LogP contribution is -2.46. The van der Waals surface area contributed by atoms with Crippen LogP contribution in [0.3, 0.4) is 0 Å². The number of benzene rings is 1. The summed E-state index contributed by atoms with van der Waals surface area (Å²) in [5, 5.41) is 3.54. The Morgan fingerprint density at radius 3 is 2.86 bits per heavy atom. The van der Waals surface area contributed by atoms with Gasteiger partial charge in [-0.25, -0.2) is 0 Å². The van der Waals surface area contributed by atoms with Gasteiger partial charge < -0.3 is 15.1 Å². The van der Waals surface area contributed by atoms with E-state index in [4.69, 9.17) is 0 Å². The Morgan fingerprint density at radius 2 is 2.14 bits per heavy atom. The molecule has 1 aliphatic carbocycles. The highest BCUT2D eigenvalue weighted by molar-refractivity contribution is 5.77. The largest absolute Gasteiger partial charge is 0.367 e. The predicted molar refractivity (Wildman–Crippen MR) is 89.4 cm³/mol. The second-order valence-electron chi connectivity index (χ2n) is 7.53. The first kappa shape index (κ1) is 13.4. The van der Waals surface area contributed by atoms with Crippen LogP contribution in [0.2, 0.25) is 0 Å². The highest BCUT2D eigenvalue weighted by atomic mass is 15.3. The standard InChI is InChI=1S/C18H27N3/c1-14-4-3-5-16-17(14)21(15-6-7-15)11-10-20(16)13-18(2)8-9-19-12-18/h3-5,15,19H,6-13H2,1-2H3. The fraction of sp³-hybridized carbons (Fsp3) is 0.667. The number of anilines is 2. The van der Waals surface area contributed by atoms with E-state index in [9.17, 15) is 0 Å². The van der Waals surface area contributed by atoms with Crippen LogP contribution in [-0.4, -0.2) is 38.8 Å². The molecule has 1 aromatic carbocycles. The summed E-state index contributed by atoms with van der Waals surface area (Å²) in [6.07, 6.45) is 4.07. The lowest BCUT2D eigenvalue weighted by atomic mass is 9.88.